The minimum absolute atomic E-state index is 0.0767. The molecule has 0 saturated heterocycles. The molecule has 0 amide bonds. The Kier molecular flexibility index (Phi) is 4.13. The van der Waals surface area contributed by atoms with Crippen molar-refractivity contribution in [2.24, 2.45) is 5.73 Å². The van der Waals surface area contributed by atoms with Crippen LogP contribution in [0.25, 0.3) is 0 Å². The monoisotopic (exact) mass is 325 g/mol. The Morgan fingerprint density at radius 1 is 1.15 bits per heavy atom. The number of thioether (sulfide) groups is 1. The molecule has 20 heavy (non-hydrogen) atoms. The van der Waals surface area contributed by atoms with Crippen LogP contribution in [0.15, 0.2) is 47.4 Å². The summed E-state index contributed by atoms with van der Waals surface area (Å²) >= 11 is 13.7. The molecule has 2 atom stereocenters. The molecule has 3 rings (SSSR count). The van der Waals surface area contributed by atoms with Crippen molar-refractivity contribution in [3.63, 3.8) is 0 Å². The molecule has 2 unspecified atom stereocenters. The van der Waals surface area contributed by atoms with Gasteiger partial charge in [0.15, 0.2) is 0 Å². The molecule has 2 N–H and O–H groups in total. The molecular weight excluding hydrogens is 313 g/mol. The van der Waals surface area contributed by atoms with Gasteiger partial charge in [0.05, 0.1) is 16.1 Å². The SMILES string of the molecule is NC(c1ccc(Cl)c(Cl)c1)C1CSc2ccccc2O1. The topological polar surface area (TPSA) is 35.2 Å². The van der Waals surface area contributed by atoms with Gasteiger partial charge < -0.3 is 10.5 Å². The summed E-state index contributed by atoms with van der Waals surface area (Å²) in [6.07, 6.45) is -0.0767. The smallest absolute Gasteiger partial charge is 0.133 e. The number of benzene rings is 2. The number of halogens is 2. The van der Waals surface area contributed by atoms with Gasteiger partial charge in [-0.15, -0.1) is 11.8 Å². The highest BCUT2D eigenvalue weighted by Gasteiger charge is 2.27. The number of hydrogen-bond donors (Lipinski definition) is 1. The second kappa shape index (κ2) is 5.86. The van der Waals surface area contributed by atoms with Gasteiger partial charge in [-0.1, -0.05) is 41.4 Å². The van der Waals surface area contributed by atoms with Gasteiger partial charge in [-0.05, 0) is 29.8 Å². The zero-order valence-corrected chi connectivity index (χ0v) is 12.9. The highest BCUT2D eigenvalue weighted by atomic mass is 35.5. The Hall–Kier alpha value is -0.870. The molecule has 1 aliphatic heterocycles. The van der Waals surface area contributed by atoms with Gasteiger partial charge >= 0.3 is 0 Å². The van der Waals surface area contributed by atoms with Gasteiger partial charge in [-0.25, -0.2) is 0 Å². The van der Waals surface area contributed by atoms with E-state index in [9.17, 15) is 0 Å². The Balaban J connectivity index is 1.82. The summed E-state index contributed by atoms with van der Waals surface area (Å²) in [6, 6.07) is 13.2. The zero-order valence-electron chi connectivity index (χ0n) is 10.6. The molecule has 5 heteroatoms. The van der Waals surface area contributed by atoms with Gasteiger partial charge in [-0.3, -0.25) is 0 Å². The maximum atomic E-state index is 6.31. The molecule has 2 nitrogen and oxygen atoms in total. The Morgan fingerprint density at radius 2 is 1.95 bits per heavy atom. The van der Waals surface area contributed by atoms with Crippen molar-refractivity contribution in [3.8, 4) is 5.75 Å². The van der Waals surface area contributed by atoms with E-state index in [4.69, 9.17) is 33.7 Å². The van der Waals surface area contributed by atoms with Gasteiger partial charge in [-0.2, -0.15) is 0 Å². The molecule has 0 fully saturated rings. The number of nitrogens with two attached hydrogens (primary N) is 1. The van der Waals surface area contributed by atoms with Crippen LogP contribution in [0.5, 0.6) is 5.75 Å². The predicted molar refractivity (Wildman–Crippen MR) is 85.0 cm³/mol. The van der Waals surface area contributed by atoms with Crippen LogP contribution in [0.4, 0.5) is 0 Å². The Labute approximate surface area is 132 Å². The lowest BCUT2D eigenvalue weighted by Crippen LogP contribution is -2.35. The van der Waals surface area contributed by atoms with Crippen molar-refractivity contribution in [2.75, 3.05) is 5.75 Å². The van der Waals surface area contributed by atoms with Crippen molar-refractivity contribution in [1.29, 1.82) is 0 Å². The molecule has 0 aromatic heterocycles. The van der Waals surface area contributed by atoms with Gasteiger partial charge in [0.1, 0.15) is 11.9 Å². The first kappa shape index (κ1) is 14.1. The van der Waals surface area contributed by atoms with Crippen LogP contribution in [0.3, 0.4) is 0 Å². The van der Waals surface area contributed by atoms with Crippen LogP contribution < -0.4 is 10.5 Å². The highest BCUT2D eigenvalue weighted by Crippen LogP contribution is 2.38. The number of fused-ring (bicyclic) bond motifs is 1. The van der Waals surface area contributed by atoms with Crippen LogP contribution in [0.1, 0.15) is 11.6 Å². The molecule has 2 aromatic rings. The first-order chi connectivity index (χ1) is 9.65. The summed E-state index contributed by atoms with van der Waals surface area (Å²) in [4.78, 5) is 1.16. The van der Waals surface area contributed by atoms with Crippen molar-refractivity contribution < 1.29 is 4.74 Å². The Morgan fingerprint density at radius 3 is 2.75 bits per heavy atom. The molecule has 0 spiro atoms. The summed E-state index contributed by atoms with van der Waals surface area (Å²) in [5.74, 6) is 1.71. The highest BCUT2D eigenvalue weighted by molar-refractivity contribution is 7.99. The van der Waals surface area contributed by atoms with E-state index in [1.165, 1.54) is 0 Å². The molecular formula is C15H13Cl2NOS. The van der Waals surface area contributed by atoms with Crippen LogP contribution in [0, 0.1) is 0 Å². The largest absolute Gasteiger partial charge is 0.486 e. The van der Waals surface area contributed by atoms with E-state index in [1.807, 2.05) is 30.3 Å². The van der Waals surface area contributed by atoms with E-state index in [0.717, 1.165) is 22.0 Å². The molecule has 2 aromatic carbocycles. The van der Waals surface area contributed by atoms with Crippen molar-refractivity contribution >= 4 is 35.0 Å². The average molecular weight is 326 g/mol. The second-order valence-electron chi connectivity index (χ2n) is 4.61. The second-order valence-corrected chi connectivity index (χ2v) is 6.49. The van der Waals surface area contributed by atoms with E-state index >= 15 is 0 Å². The van der Waals surface area contributed by atoms with E-state index in [1.54, 1.807) is 17.8 Å². The predicted octanol–water partition coefficient (Wildman–Crippen LogP) is 4.55. The van der Waals surface area contributed by atoms with Crippen molar-refractivity contribution in [3.05, 3.63) is 58.1 Å². The zero-order chi connectivity index (χ0) is 14.1. The van der Waals surface area contributed by atoms with Gasteiger partial charge in [0.2, 0.25) is 0 Å². The summed E-state index contributed by atoms with van der Waals surface area (Å²) < 4.78 is 6.00. The molecule has 1 heterocycles. The van der Waals surface area contributed by atoms with Gasteiger partial charge in [0.25, 0.3) is 0 Å². The van der Waals surface area contributed by atoms with Gasteiger partial charge in [0, 0.05) is 10.6 Å². The molecule has 104 valence electrons. The van der Waals surface area contributed by atoms with Crippen LogP contribution in [-0.4, -0.2) is 11.9 Å². The molecule has 0 aliphatic carbocycles. The van der Waals surface area contributed by atoms with Crippen LogP contribution >= 0.6 is 35.0 Å². The maximum Gasteiger partial charge on any atom is 0.133 e. The number of rotatable bonds is 2. The molecule has 0 radical (unpaired) electrons. The fourth-order valence-corrected chi connectivity index (χ4v) is 3.51. The third-order valence-corrected chi connectivity index (χ3v) is 5.14. The first-order valence-corrected chi connectivity index (χ1v) is 7.98. The van der Waals surface area contributed by atoms with E-state index in [2.05, 4.69) is 6.07 Å². The average Bonchev–Trinajstić information content (AvgIpc) is 2.49. The minimum atomic E-state index is -0.231. The fourth-order valence-electron chi connectivity index (χ4n) is 2.15. The lowest BCUT2D eigenvalue weighted by molar-refractivity contribution is 0.185. The molecule has 1 aliphatic rings. The summed E-state index contributed by atoms with van der Waals surface area (Å²) in [5, 5.41) is 1.05. The van der Waals surface area contributed by atoms with E-state index in [-0.39, 0.29) is 12.1 Å². The van der Waals surface area contributed by atoms with E-state index < -0.39 is 0 Å². The standard InChI is InChI=1S/C15H13Cl2NOS/c16-10-6-5-9(7-11(10)17)15(18)13-8-20-14-4-2-1-3-12(14)19-13/h1-7,13,15H,8,18H2. The first-order valence-electron chi connectivity index (χ1n) is 6.24. The van der Waals surface area contributed by atoms with Crippen molar-refractivity contribution in [1.82, 2.24) is 0 Å². The number of para-hydroxylation sites is 1. The maximum absolute atomic E-state index is 6.31. The quantitative estimate of drug-likeness (QED) is 0.879. The van der Waals surface area contributed by atoms with Crippen LogP contribution in [0.2, 0.25) is 10.0 Å². The number of hydrogen-bond acceptors (Lipinski definition) is 3. The fraction of sp³-hybridized carbons (Fsp3) is 0.200. The summed E-state index contributed by atoms with van der Waals surface area (Å²) in [7, 11) is 0. The lowest BCUT2D eigenvalue weighted by atomic mass is 10.0. The van der Waals surface area contributed by atoms with Crippen molar-refractivity contribution in [2.45, 2.75) is 17.0 Å². The third kappa shape index (κ3) is 2.77. The summed E-state index contributed by atoms with van der Waals surface area (Å²) in [5.41, 5.74) is 7.24. The Bertz CT molecular complexity index is 635. The molecule has 0 saturated carbocycles. The molecule has 0 bridgehead atoms. The third-order valence-electron chi connectivity index (χ3n) is 3.26. The summed E-state index contributed by atoms with van der Waals surface area (Å²) in [6.45, 7) is 0. The number of ether oxygens (including phenoxy) is 1. The normalized spacial score (nSPS) is 19.1. The van der Waals surface area contributed by atoms with E-state index in [0.29, 0.717) is 10.0 Å². The van der Waals surface area contributed by atoms with Crippen LogP contribution in [-0.2, 0) is 0 Å². The minimum Gasteiger partial charge on any atom is -0.486 e. The lowest BCUT2D eigenvalue weighted by Gasteiger charge is -2.30.